The molecule has 5 heteroatoms. The van der Waals surface area contributed by atoms with Gasteiger partial charge < -0.3 is 10.2 Å². The number of hydrogen-bond donors (Lipinski definition) is 2. The SMILES string of the molecule is CC(=O)C(O)CC(=O)C(=O)O. The molecule has 0 bridgehead atoms. The van der Waals surface area contributed by atoms with E-state index in [0.29, 0.717) is 0 Å². The molecule has 0 aromatic heterocycles. The van der Waals surface area contributed by atoms with Gasteiger partial charge in [0, 0.05) is 0 Å². The number of ketones is 2. The zero-order chi connectivity index (χ0) is 9.02. The van der Waals surface area contributed by atoms with Crippen LogP contribution < -0.4 is 0 Å². The van der Waals surface area contributed by atoms with E-state index in [1.807, 2.05) is 0 Å². The van der Waals surface area contributed by atoms with Crippen LogP contribution in [0.2, 0.25) is 0 Å². The van der Waals surface area contributed by atoms with Crippen molar-refractivity contribution in [3.63, 3.8) is 0 Å². The molecule has 0 amide bonds. The Morgan fingerprint density at radius 3 is 2.09 bits per heavy atom. The van der Waals surface area contributed by atoms with Crippen LogP contribution in [0.15, 0.2) is 0 Å². The van der Waals surface area contributed by atoms with E-state index in [1.54, 1.807) is 0 Å². The highest BCUT2D eigenvalue weighted by atomic mass is 16.4. The standard InChI is InChI=1S/C6H8O5/c1-3(7)4(8)2-5(9)6(10)11/h4,8H,2H2,1H3,(H,10,11). The van der Waals surface area contributed by atoms with Gasteiger partial charge in [-0.2, -0.15) is 0 Å². The van der Waals surface area contributed by atoms with Crippen molar-refractivity contribution in [1.82, 2.24) is 0 Å². The minimum Gasteiger partial charge on any atom is -0.475 e. The van der Waals surface area contributed by atoms with E-state index in [2.05, 4.69) is 0 Å². The quantitative estimate of drug-likeness (QED) is 0.513. The molecule has 0 heterocycles. The molecular weight excluding hydrogens is 152 g/mol. The Hall–Kier alpha value is -1.23. The molecule has 62 valence electrons. The van der Waals surface area contributed by atoms with E-state index in [4.69, 9.17) is 10.2 Å². The molecule has 1 unspecified atom stereocenters. The Labute approximate surface area is 62.6 Å². The molecule has 0 aliphatic rings. The van der Waals surface area contributed by atoms with Gasteiger partial charge in [0.15, 0.2) is 5.78 Å². The first kappa shape index (κ1) is 9.77. The second-order valence-electron chi connectivity index (χ2n) is 2.06. The summed E-state index contributed by atoms with van der Waals surface area (Å²) in [5.41, 5.74) is 0. The van der Waals surface area contributed by atoms with Gasteiger partial charge in [-0.05, 0) is 6.92 Å². The van der Waals surface area contributed by atoms with Crippen molar-refractivity contribution in [2.75, 3.05) is 0 Å². The fraction of sp³-hybridized carbons (Fsp3) is 0.500. The molecule has 0 aliphatic carbocycles. The van der Waals surface area contributed by atoms with Crippen LogP contribution >= 0.6 is 0 Å². The number of aliphatic carboxylic acids is 1. The first-order valence-electron chi connectivity index (χ1n) is 2.89. The zero-order valence-corrected chi connectivity index (χ0v) is 5.90. The highest BCUT2D eigenvalue weighted by molar-refractivity contribution is 6.33. The largest absolute Gasteiger partial charge is 0.475 e. The van der Waals surface area contributed by atoms with E-state index in [9.17, 15) is 14.4 Å². The lowest BCUT2D eigenvalue weighted by Crippen LogP contribution is -2.25. The summed E-state index contributed by atoms with van der Waals surface area (Å²) in [5, 5.41) is 16.8. The molecule has 1 atom stereocenters. The van der Waals surface area contributed by atoms with Gasteiger partial charge in [-0.25, -0.2) is 4.79 Å². The van der Waals surface area contributed by atoms with Gasteiger partial charge in [0.05, 0.1) is 6.42 Å². The second-order valence-corrected chi connectivity index (χ2v) is 2.06. The molecule has 0 aromatic carbocycles. The second kappa shape index (κ2) is 3.82. The lowest BCUT2D eigenvalue weighted by molar-refractivity contribution is -0.150. The predicted octanol–water partition coefficient (Wildman–Crippen LogP) is -1.02. The highest BCUT2D eigenvalue weighted by Gasteiger charge is 2.19. The number of carbonyl (C=O) groups excluding carboxylic acids is 2. The molecule has 0 aliphatic heterocycles. The van der Waals surface area contributed by atoms with Crippen LogP contribution in [0.1, 0.15) is 13.3 Å². The Kier molecular flexibility index (Phi) is 3.39. The average Bonchev–Trinajstić information content (AvgIpc) is 1.87. The van der Waals surface area contributed by atoms with Crippen LogP contribution in [-0.4, -0.2) is 33.9 Å². The fourth-order valence-electron chi connectivity index (χ4n) is 0.407. The molecule has 0 saturated heterocycles. The maximum Gasteiger partial charge on any atom is 0.372 e. The minimum absolute atomic E-state index is 0.611. The van der Waals surface area contributed by atoms with Crippen molar-refractivity contribution in [3.8, 4) is 0 Å². The number of carboxylic acids is 1. The summed E-state index contributed by atoms with van der Waals surface area (Å²) in [4.78, 5) is 30.5. The molecule has 11 heavy (non-hydrogen) atoms. The molecule has 2 N–H and O–H groups in total. The van der Waals surface area contributed by atoms with Crippen molar-refractivity contribution < 1.29 is 24.6 Å². The monoisotopic (exact) mass is 160 g/mol. The van der Waals surface area contributed by atoms with Crippen LogP contribution in [0.25, 0.3) is 0 Å². The molecule has 5 nitrogen and oxygen atoms in total. The van der Waals surface area contributed by atoms with E-state index in [-0.39, 0.29) is 0 Å². The highest BCUT2D eigenvalue weighted by Crippen LogP contribution is 1.94. The predicted molar refractivity (Wildman–Crippen MR) is 33.9 cm³/mol. The summed E-state index contributed by atoms with van der Waals surface area (Å²) in [7, 11) is 0. The minimum atomic E-state index is -1.63. The number of aliphatic hydroxyl groups excluding tert-OH is 1. The molecule has 0 spiro atoms. The zero-order valence-electron chi connectivity index (χ0n) is 5.90. The molecule has 0 rings (SSSR count). The van der Waals surface area contributed by atoms with Gasteiger partial charge in [0.25, 0.3) is 0 Å². The van der Waals surface area contributed by atoms with Crippen molar-refractivity contribution in [2.45, 2.75) is 19.4 Å². The molecule has 0 fully saturated rings. The summed E-state index contributed by atoms with van der Waals surface area (Å²) < 4.78 is 0. The average molecular weight is 160 g/mol. The molecule has 0 radical (unpaired) electrons. The summed E-state index contributed by atoms with van der Waals surface area (Å²) >= 11 is 0. The van der Waals surface area contributed by atoms with Crippen LogP contribution in [0.3, 0.4) is 0 Å². The van der Waals surface area contributed by atoms with Crippen LogP contribution in [0.5, 0.6) is 0 Å². The van der Waals surface area contributed by atoms with Gasteiger partial charge in [-0.15, -0.1) is 0 Å². The third kappa shape index (κ3) is 3.47. The topological polar surface area (TPSA) is 91.7 Å². The van der Waals surface area contributed by atoms with E-state index in [1.165, 1.54) is 0 Å². The summed E-state index contributed by atoms with van der Waals surface area (Å²) in [5.74, 6) is -3.40. The van der Waals surface area contributed by atoms with E-state index in [0.717, 1.165) is 6.92 Å². The van der Waals surface area contributed by atoms with Crippen LogP contribution in [0.4, 0.5) is 0 Å². The van der Waals surface area contributed by atoms with Gasteiger partial charge >= 0.3 is 5.97 Å². The molecule has 0 aromatic rings. The van der Waals surface area contributed by atoms with Gasteiger partial charge in [-0.1, -0.05) is 0 Å². The van der Waals surface area contributed by atoms with E-state index >= 15 is 0 Å². The summed E-state index contributed by atoms with van der Waals surface area (Å²) in [6, 6.07) is 0. The number of Topliss-reactive ketones (excluding diaryl/α,β-unsaturated/α-hetero) is 2. The lowest BCUT2D eigenvalue weighted by atomic mass is 10.1. The van der Waals surface area contributed by atoms with Gasteiger partial charge in [0.2, 0.25) is 5.78 Å². The number of carbonyl (C=O) groups is 3. The summed E-state index contributed by atoms with van der Waals surface area (Å²) in [6.07, 6.45) is -2.14. The lowest BCUT2D eigenvalue weighted by Gasteiger charge is -2.01. The number of rotatable bonds is 4. The van der Waals surface area contributed by atoms with Gasteiger partial charge in [-0.3, -0.25) is 9.59 Å². The maximum atomic E-state index is 10.3. The first-order valence-corrected chi connectivity index (χ1v) is 2.89. The number of aliphatic hydroxyl groups is 1. The first-order chi connectivity index (χ1) is 4.95. The Morgan fingerprint density at radius 1 is 1.36 bits per heavy atom. The third-order valence-corrected chi connectivity index (χ3v) is 1.09. The number of carboxylic acid groups (broad SMARTS) is 1. The van der Waals surface area contributed by atoms with Crippen molar-refractivity contribution in [2.24, 2.45) is 0 Å². The Morgan fingerprint density at radius 2 is 1.82 bits per heavy atom. The molecular formula is C6H8O5. The normalized spacial score (nSPS) is 12.2. The smallest absolute Gasteiger partial charge is 0.372 e. The van der Waals surface area contributed by atoms with Crippen molar-refractivity contribution >= 4 is 17.5 Å². The number of hydrogen-bond acceptors (Lipinski definition) is 4. The van der Waals surface area contributed by atoms with Crippen molar-refractivity contribution in [1.29, 1.82) is 0 Å². The maximum absolute atomic E-state index is 10.3. The Bertz CT molecular complexity index is 195. The van der Waals surface area contributed by atoms with Gasteiger partial charge in [0.1, 0.15) is 6.10 Å². The third-order valence-electron chi connectivity index (χ3n) is 1.09. The van der Waals surface area contributed by atoms with E-state index < -0.39 is 30.1 Å². The Balaban J connectivity index is 3.95. The fourth-order valence-corrected chi connectivity index (χ4v) is 0.407. The summed E-state index contributed by atoms with van der Waals surface area (Å²) in [6.45, 7) is 1.08. The van der Waals surface area contributed by atoms with Crippen LogP contribution in [-0.2, 0) is 14.4 Å². The van der Waals surface area contributed by atoms with Crippen molar-refractivity contribution in [3.05, 3.63) is 0 Å². The molecule has 0 saturated carbocycles. The van der Waals surface area contributed by atoms with Crippen LogP contribution in [0, 0.1) is 0 Å².